The number of rotatable bonds is 10. The first-order valence-electron chi connectivity index (χ1n) is 14.1. The van der Waals surface area contributed by atoms with Gasteiger partial charge in [-0.05, 0) is 50.9 Å². The van der Waals surface area contributed by atoms with Crippen LogP contribution in [0.5, 0.6) is 0 Å². The molecule has 4 aromatic carbocycles. The van der Waals surface area contributed by atoms with Gasteiger partial charge in [0.05, 0.1) is 12.5 Å². The number of imidazole rings is 1. The second-order valence-corrected chi connectivity index (χ2v) is 10.2. The Hall–Kier alpha value is -4.97. The number of hydrogen-bond acceptors (Lipinski definition) is 3. The van der Waals surface area contributed by atoms with Gasteiger partial charge in [0.25, 0.3) is 5.91 Å². The summed E-state index contributed by atoms with van der Waals surface area (Å²) in [5, 5.41) is 4.49. The van der Waals surface area contributed by atoms with Gasteiger partial charge in [-0.15, -0.1) is 0 Å². The first-order valence-corrected chi connectivity index (χ1v) is 14.1. The zero-order valence-electron chi connectivity index (χ0n) is 23.0. The molecule has 204 valence electrons. The van der Waals surface area contributed by atoms with Gasteiger partial charge in [-0.2, -0.15) is 0 Å². The van der Waals surface area contributed by atoms with Crippen molar-refractivity contribution < 1.29 is 9.59 Å². The van der Waals surface area contributed by atoms with Gasteiger partial charge in [0.15, 0.2) is 0 Å². The quantitative estimate of drug-likeness (QED) is 0.205. The fourth-order valence-electron chi connectivity index (χ4n) is 5.93. The van der Waals surface area contributed by atoms with Crippen molar-refractivity contribution >= 4 is 12.3 Å². The molecular formula is C35H32N4O2. The molecule has 1 aliphatic rings. The van der Waals surface area contributed by atoms with Crippen molar-refractivity contribution in [3.05, 3.63) is 126 Å². The molecule has 5 aromatic rings. The van der Waals surface area contributed by atoms with E-state index in [0.717, 1.165) is 57.3 Å². The third-order valence-electron chi connectivity index (χ3n) is 7.78. The highest BCUT2D eigenvalue weighted by atomic mass is 16.2. The lowest BCUT2D eigenvalue weighted by Gasteiger charge is -2.29. The van der Waals surface area contributed by atoms with E-state index in [1.807, 2.05) is 18.2 Å². The minimum atomic E-state index is -0.493. The van der Waals surface area contributed by atoms with Crippen molar-refractivity contribution in [1.82, 2.24) is 15.0 Å². The van der Waals surface area contributed by atoms with Crippen LogP contribution in [0, 0.1) is 0 Å². The molecule has 2 amide bonds. The molecule has 0 saturated heterocycles. The van der Waals surface area contributed by atoms with E-state index in [1.54, 1.807) is 22.1 Å². The second kappa shape index (κ2) is 11.6. The van der Waals surface area contributed by atoms with Gasteiger partial charge in [0.1, 0.15) is 5.82 Å². The van der Waals surface area contributed by atoms with Gasteiger partial charge >= 0.3 is 0 Å². The smallest absolute Gasteiger partial charge is 0.253 e. The highest BCUT2D eigenvalue weighted by molar-refractivity contribution is 6.04. The maximum Gasteiger partial charge on any atom is 0.253 e. The first-order chi connectivity index (χ1) is 20.2. The molecule has 0 aliphatic heterocycles. The number of carbonyl (C=O) groups is 2. The van der Waals surface area contributed by atoms with Crippen LogP contribution in [-0.2, 0) is 16.1 Å². The van der Waals surface area contributed by atoms with E-state index in [4.69, 9.17) is 0 Å². The van der Waals surface area contributed by atoms with Crippen LogP contribution in [-0.4, -0.2) is 28.5 Å². The summed E-state index contributed by atoms with van der Waals surface area (Å²) in [6.07, 6.45) is 5.90. The van der Waals surface area contributed by atoms with Crippen LogP contribution in [0.4, 0.5) is 0 Å². The number of carbonyl (C=O) groups excluding carboxylic acids is 2. The predicted octanol–water partition coefficient (Wildman–Crippen LogP) is 6.54. The van der Waals surface area contributed by atoms with Crippen LogP contribution in [0.2, 0.25) is 0 Å². The van der Waals surface area contributed by atoms with Gasteiger partial charge in [-0.1, -0.05) is 110 Å². The van der Waals surface area contributed by atoms with E-state index in [-0.39, 0.29) is 12.5 Å². The largest absolute Gasteiger partial charge is 0.351 e. The Morgan fingerprint density at radius 3 is 2.27 bits per heavy atom. The molecular weight excluding hydrogens is 508 g/mol. The summed E-state index contributed by atoms with van der Waals surface area (Å²) < 4.78 is 1.80. The average molecular weight is 541 g/mol. The average Bonchev–Trinajstić information content (AvgIpc) is 3.63. The molecule has 1 N–H and O–H groups in total. The van der Waals surface area contributed by atoms with Crippen molar-refractivity contribution in [2.24, 2.45) is 0 Å². The maximum atomic E-state index is 14.8. The number of nitrogens with zero attached hydrogens (tertiary/aromatic N) is 3. The monoisotopic (exact) mass is 540 g/mol. The van der Waals surface area contributed by atoms with Gasteiger partial charge in [-0.25, -0.2) is 14.7 Å². The number of benzene rings is 4. The predicted molar refractivity (Wildman–Crippen MR) is 163 cm³/mol. The Morgan fingerprint density at radius 2 is 1.51 bits per heavy atom. The Labute approximate surface area is 240 Å². The summed E-state index contributed by atoms with van der Waals surface area (Å²) in [7, 11) is 0. The first kappa shape index (κ1) is 26.3. The topological polar surface area (TPSA) is 67.2 Å². The molecule has 1 unspecified atom stereocenters. The third kappa shape index (κ3) is 4.82. The lowest BCUT2D eigenvalue weighted by Crippen LogP contribution is -2.45. The molecule has 0 fully saturated rings. The summed E-state index contributed by atoms with van der Waals surface area (Å²) in [5.41, 5.74) is 8.62. The molecule has 0 bridgehead atoms. The van der Waals surface area contributed by atoms with Crippen molar-refractivity contribution in [3.8, 4) is 33.4 Å². The molecule has 6 rings (SSSR count). The zero-order valence-corrected chi connectivity index (χ0v) is 23.0. The number of nitrogens with one attached hydrogen (secondary N) is 1. The molecule has 1 aliphatic carbocycles. The fraction of sp³-hybridized carbons (Fsp3) is 0.171. The van der Waals surface area contributed by atoms with Crippen LogP contribution < -0.4 is 10.3 Å². The number of amides is 2. The van der Waals surface area contributed by atoms with E-state index in [0.29, 0.717) is 18.8 Å². The van der Waals surface area contributed by atoms with Gasteiger partial charge < -0.3 is 5.32 Å². The van der Waals surface area contributed by atoms with Gasteiger partial charge in [-0.3, -0.25) is 9.59 Å². The van der Waals surface area contributed by atoms with Crippen LogP contribution in [0.1, 0.15) is 42.6 Å². The highest BCUT2D eigenvalue weighted by Gasteiger charge is 2.39. The number of fused-ring (bicyclic) bond motifs is 3. The standard InChI is InChI=1S/C35H32N4O2/c1-2-3-21-39(38-22-20-37-32(38)23-36-24-40)35(41)34-31-17-10-9-16-28(31)30-19-11-18-29(33(30)34)27-15-8-7-14-26(27)25-12-5-4-6-13-25/h4-20,22,24,34H,2-3,21,23H2,1H3,(H,36,40). The summed E-state index contributed by atoms with van der Waals surface area (Å²) in [4.78, 5) is 30.3. The second-order valence-electron chi connectivity index (χ2n) is 10.2. The van der Waals surface area contributed by atoms with Gasteiger partial charge in [0.2, 0.25) is 6.41 Å². The molecule has 1 heterocycles. The Kier molecular flexibility index (Phi) is 7.46. The number of aromatic nitrogens is 2. The van der Waals surface area contributed by atoms with Crippen LogP contribution in [0.15, 0.2) is 109 Å². The minimum absolute atomic E-state index is 0.0142. The molecule has 41 heavy (non-hydrogen) atoms. The van der Waals surface area contributed by atoms with Crippen LogP contribution in [0.25, 0.3) is 33.4 Å². The minimum Gasteiger partial charge on any atom is -0.351 e. The molecule has 6 nitrogen and oxygen atoms in total. The Bertz CT molecular complexity index is 1690. The van der Waals surface area contributed by atoms with Crippen molar-refractivity contribution in [3.63, 3.8) is 0 Å². The summed E-state index contributed by atoms with van der Waals surface area (Å²) in [6, 6.07) is 33.4. The summed E-state index contributed by atoms with van der Waals surface area (Å²) >= 11 is 0. The molecule has 1 aromatic heterocycles. The lowest BCUT2D eigenvalue weighted by atomic mass is 9.86. The zero-order chi connectivity index (χ0) is 28.2. The third-order valence-corrected chi connectivity index (χ3v) is 7.78. The molecule has 1 atom stereocenters. The van der Waals surface area contributed by atoms with Crippen LogP contribution in [0.3, 0.4) is 0 Å². The van der Waals surface area contributed by atoms with Crippen molar-refractivity contribution in [2.45, 2.75) is 32.2 Å². The van der Waals surface area contributed by atoms with Crippen LogP contribution >= 0.6 is 0 Å². The lowest BCUT2D eigenvalue weighted by molar-refractivity contribution is -0.120. The molecule has 0 saturated carbocycles. The SMILES string of the molecule is CCCCN(C(=O)C1c2ccccc2-c2cccc(-c3ccccc3-c3ccccc3)c21)n1ccnc1CNC=O. The Morgan fingerprint density at radius 1 is 0.854 bits per heavy atom. The van der Waals surface area contributed by atoms with E-state index >= 15 is 0 Å². The Balaban J connectivity index is 1.53. The summed E-state index contributed by atoms with van der Waals surface area (Å²) in [6.45, 7) is 2.89. The number of unbranched alkanes of at least 4 members (excludes halogenated alkanes) is 1. The highest BCUT2D eigenvalue weighted by Crippen LogP contribution is 2.50. The summed E-state index contributed by atoms with van der Waals surface area (Å²) in [5.74, 6) is 0.0998. The van der Waals surface area contributed by atoms with E-state index < -0.39 is 5.92 Å². The maximum absolute atomic E-state index is 14.8. The van der Waals surface area contributed by atoms with Crippen molar-refractivity contribution in [1.29, 1.82) is 0 Å². The van der Waals surface area contributed by atoms with E-state index in [2.05, 4.69) is 96.1 Å². The van der Waals surface area contributed by atoms with Gasteiger partial charge in [0, 0.05) is 18.9 Å². The van der Waals surface area contributed by atoms with E-state index in [9.17, 15) is 9.59 Å². The number of hydrogen-bond donors (Lipinski definition) is 1. The van der Waals surface area contributed by atoms with E-state index in [1.165, 1.54) is 0 Å². The molecule has 0 radical (unpaired) electrons. The normalized spacial score (nSPS) is 13.3. The fourth-order valence-corrected chi connectivity index (χ4v) is 5.93. The molecule has 6 heteroatoms. The van der Waals surface area contributed by atoms with Crippen molar-refractivity contribution in [2.75, 3.05) is 11.6 Å². The molecule has 0 spiro atoms.